The molecule has 0 aromatic heterocycles. The fourth-order valence-corrected chi connectivity index (χ4v) is 2.38. The lowest BCUT2D eigenvalue weighted by atomic mass is 10.1. The minimum absolute atomic E-state index is 0.00520. The van der Waals surface area contributed by atoms with Gasteiger partial charge in [0.15, 0.2) is 0 Å². The number of benzene rings is 2. The van der Waals surface area contributed by atoms with Gasteiger partial charge < -0.3 is 15.4 Å². The van der Waals surface area contributed by atoms with E-state index in [1.807, 2.05) is 24.3 Å². The van der Waals surface area contributed by atoms with Gasteiger partial charge in [-0.3, -0.25) is 4.79 Å². The average molecular weight is 286 g/mol. The molecule has 108 valence electrons. The molecule has 0 saturated heterocycles. The van der Waals surface area contributed by atoms with Crippen LogP contribution < -0.4 is 10.5 Å². The molecule has 0 fully saturated rings. The van der Waals surface area contributed by atoms with Crippen molar-refractivity contribution in [3.8, 4) is 5.75 Å². The minimum atomic E-state index is -0.562. The molecule has 0 saturated carbocycles. The van der Waals surface area contributed by atoms with E-state index < -0.39 is 5.82 Å². The summed E-state index contributed by atoms with van der Waals surface area (Å²) in [5, 5.41) is 0. The molecule has 21 heavy (non-hydrogen) atoms. The summed E-state index contributed by atoms with van der Waals surface area (Å²) in [6, 6.07) is 11.6. The highest BCUT2D eigenvalue weighted by molar-refractivity contribution is 5.95. The predicted molar refractivity (Wildman–Crippen MR) is 77.5 cm³/mol. The van der Waals surface area contributed by atoms with E-state index in [0.717, 1.165) is 11.3 Å². The van der Waals surface area contributed by atoms with E-state index in [9.17, 15) is 9.18 Å². The average Bonchev–Trinajstić information content (AvgIpc) is 2.71. The number of nitrogens with zero attached hydrogens (tertiary/aromatic N) is 1. The number of nitrogen functional groups attached to an aromatic ring is 1. The molecule has 1 aliphatic heterocycles. The first-order valence-corrected chi connectivity index (χ1v) is 6.70. The Bertz CT molecular complexity index is 688. The zero-order valence-electron chi connectivity index (χ0n) is 11.4. The number of halogens is 1. The van der Waals surface area contributed by atoms with E-state index in [-0.39, 0.29) is 11.5 Å². The van der Waals surface area contributed by atoms with Gasteiger partial charge >= 0.3 is 0 Å². The molecule has 0 atom stereocenters. The van der Waals surface area contributed by atoms with Gasteiger partial charge in [-0.25, -0.2) is 4.39 Å². The molecule has 5 heteroatoms. The largest absolute Gasteiger partial charge is 0.491 e. The van der Waals surface area contributed by atoms with Crippen LogP contribution in [0.15, 0.2) is 42.5 Å². The highest BCUT2D eigenvalue weighted by atomic mass is 19.1. The number of ether oxygens (including phenoxy) is 1. The van der Waals surface area contributed by atoms with Gasteiger partial charge in [0.1, 0.15) is 18.2 Å². The summed E-state index contributed by atoms with van der Waals surface area (Å²) in [4.78, 5) is 14.1. The highest BCUT2D eigenvalue weighted by Crippen LogP contribution is 2.24. The minimum Gasteiger partial charge on any atom is -0.491 e. The van der Waals surface area contributed by atoms with E-state index >= 15 is 0 Å². The SMILES string of the molecule is Nc1ccc(F)c(C(=O)N2CCOc3ccccc3C2)c1. The van der Waals surface area contributed by atoms with Crippen LogP contribution in [0.1, 0.15) is 15.9 Å². The van der Waals surface area contributed by atoms with Gasteiger partial charge in [-0.15, -0.1) is 0 Å². The fraction of sp³-hybridized carbons (Fsp3) is 0.188. The Kier molecular flexibility index (Phi) is 3.48. The van der Waals surface area contributed by atoms with Crippen LogP contribution in [-0.2, 0) is 6.54 Å². The van der Waals surface area contributed by atoms with E-state index in [2.05, 4.69) is 0 Å². The third-order valence-electron chi connectivity index (χ3n) is 3.46. The predicted octanol–water partition coefficient (Wildman–Crippen LogP) is 2.44. The van der Waals surface area contributed by atoms with Crippen LogP contribution >= 0.6 is 0 Å². The van der Waals surface area contributed by atoms with Crippen molar-refractivity contribution in [2.75, 3.05) is 18.9 Å². The maximum Gasteiger partial charge on any atom is 0.257 e. The Labute approximate surface area is 121 Å². The van der Waals surface area contributed by atoms with Gasteiger partial charge in [0.25, 0.3) is 5.91 Å². The zero-order chi connectivity index (χ0) is 14.8. The van der Waals surface area contributed by atoms with Crippen LogP contribution in [0.2, 0.25) is 0 Å². The molecule has 1 amide bonds. The molecule has 1 aliphatic rings. The van der Waals surface area contributed by atoms with Crippen molar-refractivity contribution in [2.45, 2.75) is 6.54 Å². The number of fused-ring (bicyclic) bond motifs is 1. The van der Waals surface area contributed by atoms with Crippen molar-refractivity contribution >= 4 is 11.6 Å². The van der Waals surface area contributed by atoms with Crippen molar-refractivity contribution in [3.05, 3.63) is 59.4 Å². The Hall–Kier alpha value is -2.56. The Morgan fingerprint density at radius 3 is 2.90 bits per heavy atom. The molecule has 4 nitrogen and oxygen atoms in total. The number of nitrogens with two attached hydrogens (primary N) is 1. The van der Waals surface area contributed by atoms with Crippen LogP contribution in [-0.4, -0.2) is 24.0 Å². The molecule has 2 N–H and O–H groups in total. The first-order chi connectivity index (χ1) is 10.1. The van der Waals surface area contributed by atoms with Crippen LogP contribution in [0.25, 0.3) is 0 Å². The van der Waals surface area contributed by atoms with Gasteiger partial charge in [-0.2, -0.15) is 0 Å². The molecular weight excluding hydrogens is 271 g/mol. The molecule has 0 bridgehead atoms. The standard InChI is InChI=1S/C16H15FN2O2/c17-14-6-5-12(18)9-13(14)16(20)19-7-8-21-15-4-2-1-3-11(15)10-19/h1-6,9H,7-8,10,18H2. The molecule has 3 rings (SSSR count). The maximum atomic E-state index is 13.8. The van der Waals surface area contributed by atoms with Crippen molar-refractivity contribution in [1.82, 2.24) is 4.90 Å². The fourth-order valence-electron chi connectivity index (χ4n) is 2.38. The number of para-hydroxylation sites is 1. The lowest BCUT2D eigenvalue weighted by Crippen LogP contribution is -2.33. The Morgan fingerprint density at radius 1 is 1.24 bits per heavy atom. The second kappa shape index (κ2) is 5.44. The normalized spacial score (nSPS) is 14.0. The van der Waals surface area contributed by atoms with Crippen LogP contribution in [0, 0.1) is 5.82 Å². The van der Waals surface area contributed by atoms with Crippen LogP contribution in [0.3, 0.4) is 0 Å². The van der Waals surface area contributed by atoms with E-state index in [0.29, 0.717) is 25.4 Å². The van der Waals surface area contributed by atoms with Gasteiger partial charge in [-0.05, 0) is 24.3 Å². The number of hydrogen-bond acceptors (Lipinski definition) is 3. The number of hydrogen-bond donors (Lipinski definition) is 1. The van der Waals surface area contributed by atoms with Crippen molar-refractivity contribution in [2.24, 2.45) is 0 Å². The monoisotopic (exact) mass is 286 g/mol. The Morgan fingerprint density at radius 2 is 2.05 bits per heavy atom. The van der Waals surface area contributed by atoms with Gasteiger partial charge in [0.05, 0.1) is 12.1 Å². The third-order valence-corrected chi connectivity index (χ3v) is 3.46. The van der Waals surface area contributed by atoms with E-state index in [4.69, 9.17) is 10.5 Å². The van der Waals surface area contributed by atoms with Gasteiger partial charge in [0.2, 0.25) is 0 Å². The van der Waals surface area contributed by atoms with Gasteiger partial charge in [0, 0.05) is 17.8 Å². The summed E-state index contributed by atoms with van der Waals surface area (Å²) in [5.41, 5.74) is 6.91. The summed E-state index contributed by atoms with van der Waals surface area (Å²) < 4.78 is 19.4. The second-order valence-electron chi connectivity index (χ2n) is 4.92. The first-order valence-electron chi connectivity index (χ1n) is 6.70. The summed E-state index contributed by atoms with van der Waals surface area (Å²) in [7, 11) is 0. The quantitative estimate of drug-likeness (QED) is 0.819. The number of amides is 1. The topological polar surface area (TPSA) is 55.6 Å². The Balaban J connectivity index is 1.90. The molecule has 2 aromatic carbocycles. The summed E-state index contributed by atoms with van der Waals surface area (Å²) >= 11 is 0. The molecule has 0 radical (unpaired) electrons. The highest BCUT2D eigenvalue weighted by Gasteiger charge is 2.23. The lowest BCUT2D eigenvalue weighted by Gasteiger charge is -2.20. The lowest BCUT2D eigenvalue weighted by molar-refractivity contribution is 0.0728. The van der Waals surface area contributed by atoms with Gasteiger partial charge in [-0.1, -0.05) is 18.2 Å². The third kappa shape index (κ3) is 2.67. The van der Waals surface area contributed by atoms with Crippen LogP contribution in [0.5, 0.6) is 5.75 Å². The van der Waals surface area contributed by atoms with E-state index in [1.165, 1.54) is 18.2 Å². The van der Waals surface area contributed by atoms with E-state index in [1.54, 1.807) is 4.90 Å². The van der Waals surface area contributed by atoms with Crippen molar-refractivity contribution < 1.29 is 13.9 Å². The number of carbonyl (C=O) groups is 1. The molecular formula is C16H15FN2O2. The second-order valence-corrected chi connectivity index (χ2v) is 4.92. The summed E-state index contributed by atoms with van der Waals surface area (Å²) in [5.74, 6) is -0.173. The first kappa shape index (κ1) is 13.4. The van der Waals surface area contributed by atoms with Crippen LogP contribution in [0.4, 0.5) is 10.1 Å². The molecule has 1 heterocycles. The summed E-state index contributed by atoms with van der Waals surface area (Å²) in [6.07, 6.45) is 0. The zero-order valence-corrected chi connectivity index (χ0v) is 11.4. The maximum absolute atomic E-state index is 13.8. The molecule has 0 spiro atoms. The number of rotatable bonds is 1. The molecule has 0 unspecified atom stereocenters. The molecule has 0 aliphatic carbocycles. The molecule has 2 aromatic rings. The number of anilines is 1. The smallest absolute Gasteiger partial charge is 0.257 e. The van der Waals surface area contributed by atoms with Crippen molar-refractivity contribution in [1.29, 1.82) is 0 Å². The summed E-state index contributed by atoms with van der Waals surface area (Å²) in [6.45, 7) is 1.18. The number of carbonyl (C=O) groups excluding carboxylic acids is 1. The van der Waals surface area contributed by atoms with Crippen molar-refractivity contribution in [3.63, 3.8) is 0 Å².